The lowest BCUT2D eigenvalue weighted by molar-refractivity contribution is -0.113. The van der Waals surface area contributed by atoms with Gasteiger partial charge in [0.25, 0.3) is 0 Å². The average molecular weight is 261 g/mol. The number of hydrogen-bond donors (Lipinski definition) is 3. The fraction of sp³-hybridized carbons (Fsp3) is 0.308. The molecule has 0 saturated heterocycles. The van der Waals surface area contributed by atoms with Gasteiger partial charge in [-0.3, -0.25) is 4.79 Å². The van der Waals surface area contributed by atoms with Crippen LogP contribution in [0.3, 0.4) is 0 Å². The average Bonchev–Trinajstić information content (AvgIpc) is 2.31. The predicted octanol–water partition coefficient (Wildman–Crippen LogP) is 1.24. The third-order valence-corrected chi connectivity index (χ3v) is 2.71. The first-order valence-electron chi connectivity index (χ1n) is 5.63. The molecule has 18 heavy (non-hydrogen) atoms. The first-order valence-corrected chi connectivity index (χ1v) is 6.26. The van der Waals surface area contributed by atoms with E-state index in [0.29, 0.717) is 0 Å². The fourth-order valence-corrected chi connectivity index (χ4v) is 1.69. The van der Waals surface area contributed by atoms with Crippen molar-refractivity contribution in [1.82, 2.24) is 0 Å². The Balaban J connectivity index is 2.70. The maximum absolute atomic E-state index is 11.1. The largest absolute Gasteiger partial charge is 0.462 e. The van der Waals surface area contributed by atoms with Gasteiger partial charge in [0, 0.05) is 11.0 Å². The van der Waals surface area contributed by atoms with E-state index in [1.54, 1.807) is 0 Å². The summed E-state index contributed by atoms with van der Waals surface area (Å²) < 4.78 is 0. The Morgan fingerprint density at radius 2 is 2.11 bits per heavy atom. The topological polar surface area (TPSA) is 49.3 Å². The molecule has 0 aliphatic heterocycles. The van der Waals surface area contributed by atoms with E-state index in [9.17, 15) is 4.79 Å². The molecule has 0 aromatic heterocycles. The van der Waals surface area contributed by atoms with Gasteiger partial charge in [0.15, 0.2) is 0 Å². The SMILES string of the molecule is BC(C)(C#CO)Cc1ccc(NC(=O)CS)cc1. The second-order valence-corrected chi connectivity index (χ2v) is 5.02. The number of amides is 1. The molecule has 94 valence electrons. The van der Waals surface area contributed by atoms with E-state index in [4.69, 9.17) is 5.11 Å². The fourth-order valence-electron chi connectivity index (χ4n) is 1.61. The number of carbonyl (C=O) groups is 1. The Hall–Kier alpha value is -1.54. The molecule has 0 radical (unpaired) electrons. The van der Waals surface area contributed by atoms with Gasteiger partial charge in [-0.25, -0.2) is 0 Å². The molecule has 1 amide bonds. The first kappa shape index (κ1) is 14.5. The summed E-state index contributed by atoms with van der Waals surface area (Å²) in [6.45, 7) is 1.97. The highest BCUT2D eigenvalue weighted by molar-refractivity contribution is 7.81. The van der Waals surface area contributed by atoms with Gasteiger partial charge in [0.1, 0.15) is 14.0 Å². The Bertz CT molecular complexity index is 474. The number of rotatable bonds is 4. The van der Waals surface area contributed by atoms with E-state index in [1.165, 1.54) is 0 Å². The van der Waals surface area contributed by atoms with Gasteiger partial charge >= 0.3 is 0 Å². The Morgan fingerprint density at radius 1 is 1.50 bits per heavy atom. The van der Waals surface area contributed by atoms with Crippen molar-refractivity contribution in [2.75, 3.05) is 11.1 Å². The van der Waals surface area contributed by atoms with Crippen molar-refractivity contribution in [2.45, 2.75) is 18.7 Å². The molecule has 0 spiro atoms. The summed E-state index contributed by atoms with van der Waals surface area (Å²) >= 11 is 3.89. The van der Waals surface area contributed by atoms with E-state index >= 15 is 0 Å². The lowest BCUT2D eigenvalue weighted by Crippen LogP contribution is -2.13. The molecule has 0 saturated carbocycles. The molecule has 0 fully saturated rings. The van der Waals surface area contributed by atoms with E-state index in [0.717, 1.165) is 17.7 Å². The van der Waals surface area contributed by atoms with Crippen LogP contribution in [0.1, 0.15) is 12.5 Å². The minimum absolute atomic E-state index is 0.127. The highest BCUT2D eigenvalue weighted by Gasteiger charge is 2.15. The highest BCUT2D eigenvalue weighted by Crippen LogP contribution is 2.25. The van der Waals surface area contributed by atoms with Crippen molar-refractivity contribution in [3.05, 3.63) is 29.8 Å². The van der Waals surface area contributed by atoms with Gasteiger partial charge in [-0.1, -0.05) is 25.0 Å². The molecule has 2 N–H and O–H groups in total. The van der Waals surface area contributed by atoms with Crippen molar-refractivity contribution in [2.24, 2.45) is 0 Å². The molecule has 1 aromatic carbocycles. The molecule has 1 unspecified atom stereocenters. The van der Waals surface area contributed by atoms with Crippen molar-refractivity contribution in [1.29, 1.82) is 0 Å². The Morgan fingerprint density at radius 3 is 2.61 bits per heavy atom. The summed E-state index contributed by atoms with van der Waals surface area (Å²) in [5.41, 5.74) is 1.86. The van der Waals surface area contributed by atoms with Crippen molar-refractivity contribution < 1.29 is 9.90 Å². The number of anilines is 1. The first-order chi connectivity index (χ1) is 8.46. The maximum Gasteiger partial charge on any atom is 0.234 e. The molecule has 0 aliphatic carbocycles. The quantitative estimate of drug-likeness (QED) is 0.434. The van der Waals surface area contributed by atoms with E-state index in [-0.39, 0.29) is 17.0 Å². The predicted molar refractivity (Wildman–Crippen MR) is 79.3 cm³/mol. The summed E-state index contributed by atoms with van der Waals surface area (Å²) in [4.78, 5) is 11.1. The smallest absolute Gasteiger partial charge is 0.234 e. The van der Waals surface area contributed by atoms with Crippen LogP contribution in [-0.4, -0.2) is 24.6 Å². The Kier molecular flexibility index (Phi) is 5.17. The Labute approximate surface area is 114 Å². The second kappa shape index (κ2) is 6.41. The molecule has 1 atom stereocenters. The maximum atomic E-state index is 11.1. The lowest BCUT2D eigenvalue weighted by atomic mass is 9.67. The summed E-state index contributed by atoms with van der Waals surface area (Å²) in [5, 5.41) is 11.1. The van der Waals surface area contributed by atoms with Crippen LogP contribution in [0.5, 0.6) is 0 Å². The number of carbonyl (C=O) groups excluding carboxylic acids is 1. The van der Waals surface area contributed by atoms with Crippen molar-refractivity contribution in [3.63, 3.8) is 0 Å². The number of hydrogen-bond acceptors (Lipinski definition) is 3. The van der Waals surface area contributed by atoms with Crippen molar-refractivity contribution >= 4 is 32.1 Å². The van der Waals surface area contributed by atoms with E-state index in [2.05, 4.69) is 23.9 Å². The van der Waals surface area contributed by atoms with E-state index in [1.807, 2.05) is 45.1 Å². The normalized spacial score (nSPS) is 13.0. The summed E-state index contributed by atoms with van der Waals surface area (Å²) in [6.07, 6.45) is 2.70. The van der Waals surface area contributed by atoms with Gasteiger partial charge in [-0.05, 0) is 24.1 Å². The van der Waals surface area contributed by atoms with Crippen molar-refractivity contribution in [3.8, 4) is 12.0 Å². The van der Waals surface area contributed by atoms with E-state index < -0.39 is 0 Å². The lowest BCUT2D eigenvalue weighted by Gasteiger charge is -2.17. The van der Waals surface area contributed by atoms with Gasteiger partial charge in [-0.2, -0.15) is 12.6 Å². The monoisotopic (exact) mass is 261 g/mol. The number of aliphatic hydroxyl groups is 1. The van der Waals surface area contributed by atoms with Crippen LogP contribution >= 0.6 is 12.6 Å². The van der Waals surface area contributed by atoms with Crippen LogP contribution in [0.2, 0.25) is 5.31 Å². The van der Waals surface area contributed by atoms with Crippen LogP contribution in [0.4, 0.5) is 5.69 Å². The summed E-state index contributed by atoms with van der Waals surface area (Å²) in [6, 6.07) is 7.57. The third kappa shape index (κ3) is 4.76. The molecular weight excluding hydrogens is 245 g/mol. The molecule has 0 aliphatic rings. The zero-order chi connectivity index (χ0) is 13.6. The van der Waals surface area contributed by atoms with Crippen LogP contribution in [0.15, 0.2) is 24.3 Å². The minimum Gasteiger partial charge on any atom is -0.462 e. The molecule has 3 nitrogen and oxygen atoms in total. The molecule has 1 aromatic rings. The van der Waals surface area contributed by atoms with Gasteiger partial charge < -0.3 is 10.4 Å². The molecule has 5 heteroatoms. The van der Waals surface area contributed by atoms with Crippen LogP contribution in [0, 0.1) is 12.0 Å². The third-order valence-electron chi connectivity index (χ3n) is 2.42. The van der Waals surface area contributed by atoms with Crippen LogP contribution in [-0.2, 0) is 11.2 Å². The van der Waals surface area contributed by atoms with Crippen LogP contribution < -0.4 is 5.32 Å². The standard InChI is InChI=1S/C13H16BNO2S/c1-13(14,6-7-16)8-10-2-4-11(5-3-10)15-12(17)9-18/h2-5,16,18H,8-9,14H2,1H3,(H,15,17). The van der Waals surface area contributed by atoms with Gasteiger partial charge in [0.05, 0.1) is 5.75 Å². The molecule has 0 heterocycles. The zero-order valence-corrected chi connectivity index (χ0v) is 11.4. The second-order valence-electron chi connectivity index (χ2n) is 4.70. The van der Waals surface area contributed by atoms with Gasteiger partial charge in [-0.15, -0.1) is 0 Å². The van der Waals surface area contributed by atoms with Gasteiger partial charge in [0.2, 0.25) is 5.91 Å². The minimum atomic E-state index is -0.273. The summed E-state index contributed by atoms with van der Waals surface area (Å²) in [5.74, 6) is 2.79. The number of benzene rings is 1. The number of thiol groups is 1. The highest BCUT2D eigenvalue weighted by atomic mass is 32.1. The summed E-state index contributed by atoms with van der Waals surface area (Å²) in [7, 11) is 1.97. The number of aliphatic hydroxyl groups excluding tert-OH is 1. The number of nitrogens with one attached hydrogen (secondary N) is 1. The zero-order valence-electron chi connectivity index (χ0n) is 10.5. The molecule has 1 rings (SSSR count). The van der Waals surface area contributed by atoms with Crippen LogP contribution in [0.25, 0.3) is 0 Å². The molecular formula is C13H16BNO2S. The molecule has 0 bridgehead atoms.